The highest BCUT2D eigenvalue weighted by atomic mass is 35.5. The molecular weight excluding hydrogens is 300 g/mol. The van der Waals surface area contributed by atoms with Gasteiger partial charge in [0.1, 0.15) is 5.75 Å². The molecule has 0 spiro atoms. The number of halogens is 1. The molecule has 5 heteroatoms. The number of ether oxygens (including phenoxy) is 1. The summed E-state index contributed by atoms with van der Waals surface area (Å²) in [4.78, 5) is 11.7. The average molecular weight is 317 g/mol. The number of nitrogens with one attached hydrogen (secondary N) is 1. The lowest BCUT2D eigenvalue weighted by atomic mass is 10.1. The van der Waals surface area contributed by atoms with Crippen LogP contribution in [0.1, 0.15) is 18.1 Å². The average Bonchev–Trinajstić information content (AvgIpc) is 2.53. The van der Waals surface area contributed by atoms with Crippen molar-refractivity contribution in [1.29, 1.82) is 0 Å². The van der Waals surface area contributed by atoms with Crippen LogP contribution in [0.3, 0.4) is 0 Å². The van der Waals surface area contributed by atoms with E-state index in [1.165, 1.54) is 6.21 Å². The highest BCUT2D eigenvalue weighted by molar-refractivity contribution is 6.30. The summed E-state index contributed by atoms with van der Waals surface area (Å²) in [6.07, 6.45) is 2.38. The maximum atomic E-state index is 11.7. The van der Waals surface area contributed by atoms with Crippen LogP contribution in [0.5, 0.6) is 5.75 Å². The Kier molecular flexibility index (Phi) is 5.98. The second-order valence-electron chi connectivity index (χ2n) is 4.60. The summed E-state index contributed by atoms with van der Waals surface area (Å²) >= 11 is 5.86. The molecule has 1 amide bonds. The van der Waals surface area contributed by atoms with Crippen LogP contribution in [-0.4, -0.2) is 18.7 Å². The molecule has 114 valence electrons. The zero-order valence-electron chi connectivity index (χ0n) is 12.3. The van der Waals surface area contributed by atoms with Crippen molar-refractivity contribution in [2.75, 3.05) is 6.61 Å². The van der Waals surface area contributed by atoms with Crippen LogP contribution in [0, 0.1) is 0 Å². The molecule has 1 N–H and O–H groups in total. The largest absolute Gasteiger partial charge is 0.483 e. The number of carbonyl (C=O) groups is 1. The van der Waals surface area contributed by atoms with Crippen LogP contribution in [0.2, 0.25) is 5.02 Å². The third kappa shape index (κ3) is 4.90. The van der Waals surface area contributed by atoms with Crippen LogP contribution in [0.15, 0.2) is 53.6 Å². The zero-order valence-corrected chi connectivity index (χ0v) is 13.0. The molecule has 0 heterocycles. The second-order valence-corrected chi connectivity index (χ2v) is 5.03. The van der Waals surface area contributed by atoms with Gasteiger partial charge in [-0.3, -0.25) is 4.79 Å². The van der Waals surface area contributed by atoms with Gasteiger partial charge in [-0.15, -0.1) is 0 Å². The topological polar surface area (TPSA) is 50.7 Å². The van der Waals surface area contributed by atoms with Crippen molar-refractivity contribution in [3.05, 3.63) is 64.7 Å². The van der Waals surface area contributed by atoms with Gasteiger partial charge in [-0.2, -0.15) is 5.10 Å². The normalized spacial score (nSPS) is 10.6. The molecule has 2 rings (SSSR count). The van der Waals surface area contributed by atoms with Crippen LogP contribution in [0.25, 0.3) is 0 Å². The Morgan fingerprint density at radius 2 is 2.09 bits per heavy atom. The van der Waals surface area contributed by atoms with Gasteiger partial charge in [-0.05, 0) is 35.7 Å². The Hall–Kier alpha value is -2.33. The molecular formula is C17H17ClN2O2. The van der Waals surface area contributed by atoms with Gasteiger partial charge < -0.3 is 4.74 Å². The third-order valence-electron chi connectivity index (χ3n) is 2.96. The number of carbonyl (C=O) groups excluding carboxylic acids is 1. The minimum atomic E-state index is -0.316. The summed E-state index contributed by atoms with van der Waals surface area (Å²) in [5.74, 6) is 0.406. The summed E-state index contributed by atoms with van der Waals surface area (Å²) < 4.78 is 5.50. The molecule has 2 aromatic rings. The first kappa shape index (κ1) is 16.0. The first-order valence-electron chi connectivity index (χ1n) is 6.97. The molecule has 0 aliphatic carbocycles. The van der Waals surface area contributed by atoms with Crippen molar-refractivity contribution in [2.24, 2.45) is 5.10 Å². The Bertz CT molecular complexity index is 671. The number of hydrogen-bond acceptors (Lipinski definition) is 3. The Morgan fingerprint density at radius 1 is 1.27 bits per heavy atom. The Labute approximate surface area is 134 Å². The van der Waals surface area contributed by atoms with E-state index in [2.05, 4.69) is 10.5 Å². The smallest absolute Gasteiger partial charge is 0.277 e. The molecule has 0 aromatic heterocycles. The minimum absolute atomic E-state index is 0.0795. The fraction of sp³-hybridized carbons (Fsp3) is 0.176. The van der Waals surface area contributed by atoms with Crippen LogP contribution < -0.4 is 10.2 Å². The van der Waals surface area contributed by atoms with Crippen molar-refractivity contribution in [2.45, 2.75) is 13.3 Å². The predicted octanol–water partition coefficient (Wildman–Crippen LogP) is 3.43. The van der Waals surface area contributed by atoms with Crippen LogP contribution >= 0.6 is 11.6 Å². The quantitative estimate of drug-likeness (QED) is 0.655. The molecule has 0 saturated heterocycles. The molecule has 0 bridgehead atoms. The number of nitrogens with zero attached hydrogens (tertiary/aromatic N) is 1. The molecule has 22 heavy (non-hydrogen) atoms. The lowest BCUT2D eigenvalue weighted by molar-refractivity contribution is -0.123. The summed E-state index contributed by atoms with van der Waals surface area (Å²) in [5.41, 5.74) is 4.30. The molecule has 0 aliphatic heterocycles. The van der Waals surface area contributed by atoms with Gasteiger partial charge in [0.25, 0.3) is 5.91 Å². The van der Waals surface area contributed by atoms with E-state index in [0.717, 1.165) is 23.3 Å². The summed E-state index contributed by atoms with van der Waals surface area (Å²) in [6.45, 7) is 1.96. The summed E-state index contributed by atoms with van der Waals surface area (Å²) in [6, 6.07) is 14.8. The van der Waals surface area contributed by atoms with E-state index < -0.39 is 0 Å². The molecule has 0 aliphatic rings. The van der Waals surface area contributed by atoms with Crippen molar-refractivity contribution in [3.63, 3.8) is 0 Å². The van der Waals surface area contributed by atoms with Gasteiger partial charge in [-0.1, -0.05) is 48.9 Å². The van der Waals surface area contributed by atoms with Crippen LogP contribution in [0.4, 0.5) is 0 Å². The van der Waals surface area contributed by atoms with E-state index in [0.29, 0.717) is 5.02 Å². The number of benzene rings is 2. The van der Waals surface area contributed by atoms with E-state index in [1.54, 1.807) is 12.1 Å². The monoisotopic (exact) mass is 316 g/mol. The second kappa shape index (κ2) is 8.20. The van der Waals surface area contributed by atoms with Gasteiger partial charge >= 0.3 is 0 Å². The van der Waals surface area contributed by atoms with Crippen molar-refractivity contribution >= 4 is 23.7 Å². The highest BCUT2D eigenvalue weighted by Gasteiger charge is 2.04. The highest BCUT2D eigenvalue weighted by Crippen LogP contribution is 2.17. The number of rotatable bonds is 6. The van der Waals surface area contributed by atoms with E-state index in [4.69, 9.17) is 16.3 Å². The molecule has 0 atom stereocenters. The first-order valence-corrected chi connectivity index (χ1v) is 7.35. The summed E-state index contributed by atoms with van der Waals surface area (Å²) in [5, 5.41) is 4.49. The van der Waals surface area contributed by atoms with Gasteiger partial charge in [0.2, 0.25) is 0 Å². The molecule has 0 radical (unpaired) electrons. The standard InChI is InChI=1S/C17H17ClN2O2/c1-2-14-7-3-4-9-16(14)22-12-17(21)20-19-11-13-6-5-8-15(18)10-13/h3-11H,2,12H2,1H3,(H,20,21)/b19-11+. The maximum absolute atomic E-state index is 11.7. The fourth-order valence-corrected chi connectivity index (χ4v) is 2.08. The SMILES string of the molecule is CCc1ccccc1OCC(=O)N/N=C/c1cccc(Cl)c1. The van der Waals surface area contributed by atoms with Crippen molar-refractivity contribution < 1.29 is 9.53 Å². The number of amides is 1. The third-order valence-corrected chi connectivity index (χ3v) is 3.20. The maximum Gasteiger partial charge on any atom is 0.277 e. The van der Waals surface area contributed by atoms with E-state index >= 15 is 0 Å². The van der Waals surface area contributed by atoms with E-state index in [-0.39, 0.29) is 12.5 Å². The van der Waals surface area contributed by atoms with E-state index in [9.17, 15) is 4.79 Å². The zero-order chi connectivity index (χ0) is 15.8. The number of para-hydroxylation sites is 1. The predicted molar refractivity (Wildman–Crippen MR) is 88.5 cm³/mol. The fourth-order valence-electron chi connectivity index (χ4n) is 1.88. The first-order chi connectivity index (χ1) is 10.7. The van der Waals surface area contributed by atoms with Crippen molar-refractivity contribution in [3.8, 4) is 5.75 Å². The Balaban J connectivity index is 1.83. The van der Waals surface area contributed by atoms with Gasteiger partial charge in [0.05, 0.1) is 6.21 Å². The molecule has 0 fully saturated rings. The van der Waals surface area contributed by atoms with Gasteiger partial charge in [0.15, 0.2) is 6.61 Å². The number of hydrazone groups is 1. The van der Waals surface area contributed by atoms with Crippen LogP contribution in [-0.2, 0) is 11.2 Å². The lowest BCUT2D eigenvalue weighted by Gasteiger charge is -2.08. The molecule has 0 unspecified atom stereocenters. The van der Waals surface area contributed by atoms with Crippen molar-refractivity contribution in [1.82, 2.24) is 5.43 Å². The number of aryl methyl sites for hydroxylation is 1. The molecule has 2 aromatic carbocycles. The summed E-state index contributed by atoms with van der Waals surface area (Å²) in [7, 11) is 0. The lowest BCUT2D eigenvalue weighted by Crippen LogP contribution is -2.24. The van der Waals surface area contributed by atoms with E-state index in [1.807, 2.05) is 43.3 Å². The number of hydrogen-bond donors (Lipinski definition) is 1. The molecule has 0 saturated carbocycles. The molecule has 4 nitrogen and oxygen atoms in total. The van der Waals surface area contributed by atoms with Gasteiger partial charge in [-0.25, -0.2) is 5.43 Å². The Morgan fingerprint density at radius 3 is 2.86 bits per heavy atom. The minimum Gasteiger partial charge on any atom is -0.483 e. The van der Waals surface area contributed by atoms with Gasteiger partial charge in [0, 0.05) is 5.02 Å².